The highest BCUT2D eigenvalue weighted by atomic mass is 79.9. The number of rotatable bonds is 5. The first-order chi connectivity index (χ1) is 9.61. The Kier molecular flexibility index (Phi) is 5.05. The zero-order valence-corrected chi connectivity index (χ0v) is 13.5. The molecule has 0 radical (unpaired) electrons. The minimum Gasteiger partial charge on any atom is -0.495 e. The number of nitrogens with one attached hydrogen (secondary N) is 2. The number of benzene rings is 1. The quantitative estimate of drug-likeness (QED) is 0.865. The van der Waals surface area contributed by atoms with Gasteiger partial charge < -0.3 is 15.4 Å². The van der Waals surface area contributed by atoms with Crippen molar-refractivity contribution < 1.29 is 9.53 Å². The van der Waals surface area contributed by atoms with Crippen molar-refractivity contribution in [3.8, 4) is 5.75 Å². The van der Waals surface area contributed by atoms with Crippen LogP contribution in [0.2, 0.25) is 0 Å². The largest absolute Gasteiger partial charge is 0.495 e. The van der Waals surface area contributed by atoms with Gasteiger partial charge in [-0.2, -0.15) is 0 Å². The molecule has 1 aromatic carbocycles. The molecule has 5 heteroatoms. The zero-order chi connectivity index (χ0) is 14.6. The Morgan fingerprint density at radius 3 is 2.95 bits per heavy atom. The molecule has 1 aliphatic rings. The first-order valence-corrected chi connectivity index (χ1v) is 7.76. The highest BCUT2D eigenvalue weighted by molar-refractivity contribution is 9.10. The Morgan fingerprint density at radius 1 is 1.55 bits per heavy atom. The summed E-state index contributed by atoms with van der Waals surface area (Å²) in [7, 11) is 1.62. The number of hydrogen-bond donors (Lipinski definition) is 2. The zero-order valence-electron chi connectivity index (χ0n) is 12.0. The van der Waals surface area contributed by atoms with Gasteiger partial charge in [-0.05, 0) is 47.4 Å². The first kappa shape index (κ1) is 15.3. The standard InChI is InChI=1S/C15H21BrN2O2/c1-3-6-15(7-8-17-10-15)14(19)18-11-4-5-12(16)13(9-11)20-2/h4-5,9,17H,3,6-8,10H2,1-2H3,(H,18,19). The number of ether oxygens (including phenoxy) is 1. The summed E-state index contributed by atoms with van der Waals surface area (Å²) in [6, 6.07) is 5.60. The number of halogens is 1. The normalized spacial score (nSPS) is 21.8. The van der Waals surface area contributed by atoms with E-state index in [4.69, 9.17) is 4.74 Å². The fourth-order valence-corrected chi connectivity index (χ4v) is 3.15. The molecular weight excluding hydrogens is 320 g/mol. The van der Waals surface area contributed by atoms with E-state index in [9.17, 15) is 4.79 Å². The van der Waals surface area contributed by atoms with Crippen LogP contribution in [0.4, 0.5) is 5.69 Å². The van der Waals surface area contributed by atoms with E-state index >= 15 is 0 Å². The van der Waals surface area contributed by atoms with E-state index in [1.807, 2.05) is 18.2 Å². The number of carbonyl (C=O) groups is 1. The molecule has 4 nitrogen and oxygen atoms in total. The van der Waals surface area contributed by atoms with Gasteiger partial charge in [-0.3, -0.25) is 4.79 Å². The molecule has 110 valence electrons. The molecule has 1 heterocycles. The van der Waals surface area contributed by atoms with Crippen molar-refractivity contribution in [2.45, 2.75) is 26.2 Å². The lowest BCUT2D eigenvalue weighted by Crippen LogP contribution is -2.38. The summed E-state index contributed by atoms with van der Waals surface area (Å²) in [5.74, 6) is 0.825. The Hall–Kier alpha value is -1.07. The van der Waals surface area contributed by atoms with Crippen molar-refractivity contribution >= 4 is 27.5 Å². The predicted octanol–water partition coefficient (Wildman–Crippen LogP) is 3.18. The van der Waals surface area contributed by atoms with E-state index in [0.717, 1.165) is 48.3 Å². The molecule has 1 saturated heterocycles. The molecule has 1 atom stereocenters. The van der Waals surface area contributed by atoms with Crippen molar-refractivity contribution in [3.63, 3.8) is 0 Å². The third-order valence-electron chi connectivity index (χ3n) is 3.86. The summed E-state index contributed by atoms with van der Waals surface area (Å²) in [4.78, 5) is 12.6. The van der Waals surface area contributed by atoms with Crippen LogP contribution in [0.3, 0.4) is 0 Å². The van der Waals surface area contributed by atoms with Crippen LogP contribution in [0, 0.1) is 5.41 Å². The molecule has 1 amide bonds. The van der Waals surface area contributed by atoms with Crippen LogP contribution in [-0.2, 0) is 4.79 Å². The monoisotopic (exact) mass is 340 g/mol. The lowest BCUT2D eigenvalue weighted by Gasteiger charge is -2.26. The Bertz CT molecular complexity index is 485. The van der Waals surface area contributed by atoms with E-state index in [0.29, 0.717) is 0 Å². The van der Waals surface area contributed by atoms with Crippen LogP contribution in [0.5, 0.6) is 5.75 Å². The summed E-state index contributed by atoms with van der Waals surface area (Å²) in [6.07, 6.45) is 2.83. The van der Waals surface area contributed by atoms with Crippen LogP contribution in [0.25, 0.3) is 0 Å². The topological polar surface area (TPSA) is 50.4 Å². The third-order valence-corrected chi connectivity index (χ3v) is 4.52. The first-order valence-electron chi connectivity index (χ1n) is 6.97. The van der Waals surface area contributed by atoms with Gasteiger partial charge in [0.05, 0.1) is 17.0 Å². The maximum Gasteiger partial charge on any atom is 0.231 e. The van der Waals surface area contributed by atoms with Gasteiger partial charge in [0.15, 0.2) is 0 Å². The molecule has 0 bridgehead atoms. The summed E-state index contributed by atoms with van der Waals surface area (Å²) >= 11 is 3.41. The number of carbonyl (C=O) groups excluding carboxylic acids is 1. The van der Waals surface area contributed by atoms with Crippen molar-refractivity contribution in [1.29, 1.82) is 0 Å². The van der Waals surface area contributed by atoms with Crippen molar-refractivity contribution in [2.24, 2.45) is 5.41 Å². The SMILES string of the molecule is CCCC1(C(=O)Nc2ccc(Br)c(OC)c2)CCNC1. The minimum atomic E-state index is -0.269. The third kappa shape index (κ3) is 3.15. The molecule has 1 unspecified atom stereocenters. The van der Waals surface area contributed by atoms with Gasteiger partial charge in [-0.1, -0.05) is 13.3 Å². The summed E-state index contributed by atoms with van der Waals surface area (Å²) in [6.45, 7) is 3.80. The van der Waals surface area contributed by atoms with E-state index in [-0.39, 0.29) is 11.3 Å². The number of anilines is 1. The smallest absolute Gasteiger partial charge is 0.231 e. The highest BCUT2D eigenvalue weighted by Crippen LogP contribution is 2.34. The molecule has 2 N–H and O–H groups in total. The molecule has 1 aromatic rings. The van der Waals surface area contributed by atoms with Gasteiger partial charge in [-0.25, -0.2) is 0 Å². The van der Waals surface area contributed by atoms with Gasteiger partial charge in [0, 0.05) is 18.3 Å². The van der Waals surface area contributed by atoms with Gasteiger partial charge in [0.25, 0.3) is 0 Å². The van der Waals surface area contributed by atoms with Crippen LogP contribution in [0.15, 0.2) is 22.7 Å². The summed E-state index contributed by atoms with van der Waals surface area (Å²) in [5.41, 5.74) is 0.507. The Labute approximate surface area is 128 Å². The van der Waals surface area contributed by atoms with Crippen LogP contribution in [-0.4, -0.2) is 26.1 Å². The lowest BCUT2D eigenvalue weighted by molar-refractivity contribution is -0.125. The fourth-order valence-electron chi connectivity index (χ4n) is 2.74. The maximum atomic E-state index is 12.6. The van der Waals surface area contributed by atoms with Gasteiger partial charge in [-0.15, -0.1) is 0 Å². The molecule has 2 rings (SSSR count). The molecule has 1 fully saturated rings. The van der Waals surface area contributed by atoms with E-state index in [1.165, 1.54) is 0 Å². The second kappa shape index (κ2) is 6.59. The maximum absolute atomic E-state index is 12.6. The Morgan fingerprint density at radius 2 is 2.35 bits per heavy atom. The second-order valence-electron chi connectivity index (χ2n) is 5.26. The van der Waals surface area contributed by atoms with Gasteiger partial charge in [0.1, 0.15) is 5.75 Å². The average molecular weight is 341 g/mol. The molecule has 0 saturated carbocycles. The van der Waals surface area contributed by atoms with Gasteiger partial charge in [0.2, 0.25) is 5.91 Å². The summed E-state index contributed by atoms with van der Waals surface area (Å²) in [5, 5.41) is 6.33. The highest BCUT2D eigenvalue weighted by Gasteiger charge is 2.40. The van der Waals surface area contributed by atoms with Crippen LogP contribution in [0.1, 0.15) is 26.2 Å². The molecular formula is C15H21BrN2O2. The van der Waals surface area contributed by atoms with Crippen molar-refractivity contribution in [1.82, 2.24) is 5.32 Å². The predicted molar refractivity (Wildman–Crippen MR) is 84.2 cm³/mol. The van der Waals surface area contributed by atoms with Crippen LogP contribution >= 0.6 is 15.9 Å². The van der Waals surface area contributed by atoms with E-state index in [2.05, 4.69) is 33.5 Å². The number of amides is 1. The Balaban J connectivity index is 2.14. The summed E-state index contributed by atoms with van der Waals surface area (Å²) < 4.78 is 6.13. The second-order valence-corrected chi connectivity index (χ2v) is 6.11. The van der Waals surface area contributed by atoms with E-state index < -0.39 is 0 Å². The average Bonchev–Trinajstić information content (AvgIpc) is 2.91. The number of methoxy groups -OCH3 is 1. The van der Waals surface area contributed by atoms with E-state index in [1.54, 1.807) is 7.11 Å². The number of hydrogen-bond acceptors (Lipinski definition) is 3. The van der Waals surface area contributed by atoms with Crippen molar-refractivity contribution in [2.75, 3.05) is 25.5 Å². The molecule has 20 heavy (non-hydrogen) atoms. The van der Waals surface area contributed by atoms with Crippen LogP contribution < -0.4 is 15.4 Å². The lowest BCUT2D eigenvalue weighted by atomic mass is 9.81. The molecule has 0 aromatic heterocycles. The minimum absolute atomic E-state index is 0.105. The molecule has 0 spiro atoms. The molecule has 0 aliphatic carbocycles. The van der Waals surface area contributed by atoms with Crippen molar-refractivity contribution in [3.05, 3.63) is 22.7 Å². The molecule has 1 aliphatic heterocycles. The fraction of sp³-hybridized carbons (Fsp3) is 0.533. The van der Waals surface area contributed by atoms with Gasteiger partial charge >= 0.3 is 0 Å².